The summed E-state index contributed by atoms with van der Waals surface area (Å²) in [7, 11) is 0. The van der Waals surface area contributed by atoms with E-state index in [0.717, 1.165) is 5.69 Å². The lowest BCUT2D eigenvalue weighted by Gasteiger charge is -2.02. The average molecular weight is 191 g/mol. The number of halogens is 1. The van der Waals surface area contributed by atoms with Crippen LogP contribution < -0.4 is 5.73 Å². The topological polar surface area (TPSA) is 43.8 Å². The van der Waals surface area contributed by atoms with Gasteiger partial charge in [0.1, 0.15) is 11.6 Å². The maximum absolute atomic E-state index is 12.9. The third kappa shape index (κ3) is 1.46. The summed E-state index contributed by atoms with van der Waals surface area (Å²) in [5.74, 6) is 0.211. The lowest BCUT2D eigenvalue weighted by molar-refractivity contribution is 0.625. The standard InChI is InChI=1S/C10H10FN3/c1-7-5-10(12)14(13-7)9-4-2-3-8(11)6-9/h2-6H,12H2,1H3. The lowest BCUT2D eigenvalue weighted by Crippen LogP contribution is -2.01. The Morgan fingerprint density at radius 3 is 2.71 bits per heavy atom. The van der Waals surface area contributed by atoms with Crippen molar-refractivity contribution in [1.82, 2.24) is 9.78 Å². The van der Waals surface area contributed by atoms with Crippen LogP contribution in [0.25, 0.3) is 5.69 Å². The van der Waals surface area contributed by atoms with Crippen molar-refractivity contribution < 1.29 is 4.39 Å². The van der Waals surface area contributed by atoms with Gasteiger partial charge in [0, 0.05) is 6.07 Å². The van der Waals surface area contributed by atoms with Crippen molar-refractivity contribution in [2.24, 2.45) is 0 Å². The molecule has 0 saturated heterocycles. The molecular weight excluding hydrogens is 181 g/mol. The highest BCUT2D eigenvalue weighted by Gasteiger charge is 2.04. The summed E-state index contributed by atoms with van der Waals surface area (Å²) in [6.45, 7) is 1.84. The molecule has 0 saturated carbocycles. The minimum atomic E-state index is -0.296. The summed E-state index contributed by atoms with van der Waals surface area (Å²) in [5, 5.41) is 4.15. The van der Waals surface area contributed by atoms with E-state index in [9.17, 15) is 4.39 Å². The van der Waals surface area contributed by atoms with Gasteiger partial charge in [-0.1, -0.05) is 6.07 Å². The van der Waals surface area contributed by atoms with E-state index in [1.165, 1.54) is 16.8 Å². The van der Waals surface area contributed by atoms with Crippen LogP contribution in [0, 0.1) is 12.7 Å². The van der Waals surface area contributed by atoms with E-state index in [0.29, 0.717) is 11.5 Å². The van der Waals surface area contributed by atoms with Gasteiger partial charge in [0.2, 0.25) is 0 Å². The van der Waals surface area contributed by atoms with Gasteiger partial charge in [-0.2, -0.15) is 5.10 Å². The molecule has 72 valence electrons. The van der Waals surface area contributed by atoms with Crippen molar-refractivity contribution >= 4 is 5.82 Å². The SMILES string of the molecule is Cc1cc(N)n(-c2cccc(F)c2)n1. The number of nitrogens with two attached hydrogens (primary N) is 1. The van der Waals surface area contributed by atoms with Crippen LogP contribution in [0.2, 0.25) is 0 Å². The fourth-order valence-corrected chi connectivity index (χ4v) is 1.33. The van der Waals surface area contributed by atoms with Gasteiger partial charge in [-0.15, -0.1) is 0 Å². The molecule has 1 heterocycles. The molecular formula is C10H10FN3. The van der Waals surface area contributed by atoms with Gasteiger partial charge in [0.15, 0.2) is 0 Å². The molecule has 2 aromatic rings. The molecule has 2 N–H and O–H groups in total. The summed E-state index contributed by atoms with van der Waals surface area (Å²) in [4.78, 5) is 0. The van der Waals surface area contributed by atoms with Crippen LogP contribution in [-0.4, -0.2) is 9.78 Å². The molecule has 0 spiro atoms. The molecule has 0 bridgehead atoms. The van der Waals surface area contributed by atoms with Crippen LogP contribution in [0.3, 0.4) is 0 Å². The van der Waals surface area contributed by atoms with Crippen molar-refractivity contribution in [3.8, 4) is 5.69 Å². The van der Waals surface area contributed by atoms with Crippen molar-refractivity contribution in [3.63, 3.8) is 0 Å². The van der Waals surface area contributed by atoms with Crippen LogP contribution in [0.5, 0.6) is 0 Å². The maximum Gasteiger partial charge on any atom is 0.127 e. The molecule has 1 aromatic heterocycles. The number of nitrogens with zero attached hydrogens (tertiary/aromatic N) is 2. The largest absolute Gasteiger partial charge is 0.384 e. The molecule has 2 rings (SSSR count). The van der Waals surface area contributed by atoms with E-state index in [4.69, 9.17) is 5.73 Å². The summed E-state index contributed by atoms with van der Waals surface area (Å²) in [6.07, 6.45) is 0. The van der Waals surface area contributed by atoms with Gasteiger partial charge >= 0.3 is 0 Å². The first-order valence-electron chi connectivity index (χ1n) is 4.25. The Labute approximate surface area is 81.0 Å². The van der Waals surface area contributed by atoms with Crippen molar-refractivity contribution in [2.75, 3.05) is 5.73 Å². The van der Waals surface area contributed by atoms with Crippen molar-refractivity contribution in [3.05, 3.63) is 41.8 Å². The van der Waals surface area contributed by atoms with Gasteiger partial charge in [0.05, 0.1) is 11.4 Å². The molecule has 0 aliphatic rings. The van der Waals surface area contributed by atoms with Crippen molar-refractivity contribution in [1.29, 1.82) is 0 Å². The normalized spacial score (nSPS) is 10.4. The molecule has 4 heteroatoms. The Bertz CT molecular complexity index is 462. The zero-order valence-corrected chi connectivity index (χ0v) is 7.74. The second kappa shape index (κ2) is 3.14. The predicted molar refractivity (Wildman–Crippen MR) is 52.7 cm³/mol. The number of hydrogen-bond acceptors (Lipinski definition) is 2. The van der Waals surface area contributed by atoms with Gasteiger partial charge < -0.3 is 5.73 Å². The average Bonchev–Trinajstić information content (AvgIpc) is 2.45. The highest BCUT2D eigenvalue weighted by atomic mass is 19.1. The Morgan fingerprint density at radius 2 is 2.14 bits per heavy atom. The number of anilines is 1. The number of aryl methyl sites for hydroxylation is 1. The smallest absolute Gasteiger partial charge is 0.127 e. The maximum atomic E-state index is 12.9. The first-order chi connectivity index (χ1) is 6.66. The van der Waals surface area contributed by atoms with Crippen LogP contribution >= 0.6 is 0 Å². The Hall–Kier alpha value is -1.84. The Kier molecular flexibility index (Phi) is 1.96. The molecule has 0 radical (unpaired) electrons. The van der Waals surface area contributed by atoms with Crippen LogP contribution in [0.15, 0.2) is 30.3 Å². The van der Waals surface area contributed by atoms with Crippen LogP contribution in [-0.2, 0) is 0 Å². The predicted octanol–water partition coefficient (Wildman–Crippen LogP) is 1.90. The van der Waals surface area contributed by atoms with E-state index < -0.39 is 0 Å². The molecule has 0 atom stereocenters. The highest BCUT2D eigenvalue weighted by molar-refractivity contribution is 5.42. The van der Waals surface area contributed by atoms with Crippen molar-refractivity contribution in [2.45, 2.75) is 6.92 Å². The van der Waals surface area contributed by atoms with E-state index >= 15 is 0 Å². The van der Waals surface area contributed by atoms with E-state index in [-0.39, 0.29) is 5.82 Å². The van der Waals surface area contributed by atoms with Crippen LogP contribution in [0.1, 0.15) is 5.69 Å². The zero-order valence-electron chi connectivity index (χ0n) is 7.74. The fraction of sp³-hybridized carbons (Fsp3) is 0.100. The summed E-state index contributed by atoms with van der Waals surface area (Å²) in [6, 6.07) is 7.90. The van der Waals surface area contributed by atoms with Gasteiger partial charge in [0.25, 0.3) is 0 Å². The van der Waals surface area contributed by atoms with Gasteiger partial charge in [-0.25, -0.2) is 9.07 Å². The molecule has 0 aliphatic heterocycles. The minimum Gasteiger partial charge on any atom is -0.384 e. The number of aromatic nitrogens is 2. The molecule has 0 aliphatic carbocycles. The number of hydrogen-bond donors (Lipinski definition) is 1. The van der Waals surface area contributed by atoms with E-state index in [2.05, 4.69) is 5.10 Å². The zero-order chi connectivity index (χ0) is 10.1. The molecule has 0 fully saturated rings. The fourth-order valence-electron chi connectivity index (χ4n) is 1.33. The van der Waals surface area contributed by atoms with Gasteiger partial charge in [-0.3, -0.25) is 0 Å². The van der Waals surface area contributed by atoms with Crippen LogP contribution in [0.4, 0.5) is 10.2 Å². The minimum absolute atomic E-state index is 0.296. The summed E-state index contributed by atoms with van der Waals surface area (Å²) in [5.41, 5.74) is 7.15. The summed E-state index contributed by atoms with van der Waals surface area (Å²) >= 11 is 0. The Balaban J connectivity index is 2.54. The third-order valence-electron chi connectivity index (χ3n) is 1.91. The second-order valence-corrected chi connectivity index (χ2v) is 3.10. The highest BCUT2D eigenvalue weighted by Crippen LogP contribution is 2.14. The monoisotopic (exact) mass is 191 g/mol. The Morgan fingerprint density at radius 1 is 1.36 bits per heavy atom. The first-order valence-corrected chi connectivity index (χ1v) is 4.25. The van der Waals surface area contributed by atoms with E-state index in [1.807, 2.05) is 6.92 Å². The number of rotatable bonds is 1. The third-order valence-corrected chi connectivity index (χ3v) is 1.91. The quantitative estimate of drug-likeness (QED) is 0.748. The second-order valence-electron chi connectivity index (χ2n) is 3.10. The molecule has 0 amide bonds. The summed E-state index contributed by atoms with van der Waals surface area (Å²) < 4.78 is 14.4. The number of benzene rings is 1. The molecule has 1 aromatic carbocycles. The lowest BCUT2D eigenvalue weighted by atomic mass is 10.3. The van der Waals surface area contributed by atoms with Gasteiger partial charge in [-0.05, 0) is 25.1 Å². The first kappa shape index (κ1) is 8.74. The molecule has 14 heavy (non-hydrogen) atoms. The molecule has 3 nitrogen and oxygen atoms in total. The molecule has 0 unspecified atom stereocenters. The van der Waals surface area contributed by atoms with E-state index in [1.54, 1.807) is 18.2 Å². The number of nitrogen functional groups attached to an aromatic ring is 1.